The highest BCUT2D eigenvalue weighted by Crippen LogP contribution is 2.22. The zero-order valence-corrected chi connectivity index (χ0v) is 13.3. The Hall–Kier alpha value is -2.37. The van der Waals surface area contributed by atoms with Crippen molar-refractivity contribution in [3.8, 4) is 0 Å². The van der Waals surface area contributed by atoms with E-state index in [0.717, 1.165) is 31.5 Å². The van der Waals surface area contributed by atoms with Crippen LogP contribution in [0, 0.1) is 0 Å². The lowest BCUT2D eigenvalue weighted by atomic mass is 10.2. The highest BCUT2D eigenvalue weighted by molar-refractivity contribution is 5.96. The van der Waals surface area contributed by atoms with Crippen LogP contribution >= 0.6 is 0 Å². The molecule has 1 heterocycles. The van der Waals surface area contributed by atoms with Crippen LogP contribution in [0.3, 0.4) is 0 Å². The van der Waals surface area contributed by atoms with Gasteiger partial charge in [-0.15, -0.1) is 0 Å². The summed E-state index contributed by atoms with van der Waals surface area (Å²) in [6, 6.07) is 7.06. The van der Waals surface area contributed by atoms with Crippen molar-refractivity contribution < 1.29 is 19.1 Å². The first-order valence-corrected chi connectivity index (χ1v) is 7.96. The number of carbonyl (C=O) groups excluding carboxylic acids is 3. The molecule has 0 aromatic heterocycles. The molecule has 6 nitrogen and oxygen atoms in total. The van der Waals surface area contributed by atoms with Gasteiger partial charge in [-0.1, -0.05) is 13.3 Å². The van der Waals surface area contributed by atoms with E-state index in [0.29, 0.717) is 18.5 Å². The number of amides is 2. The normalized spacial score (nSPS) is 14.0. The van der Waals surface area contributed by atoms with Crippen molar-refractivity contribution in [1.29, 1.82) is 0 Å². The van der Waals surface area contributed by atoms with E-state index in [9.17, 15) is 14.4 Å². The number of anilines is 2. The molecule has 0 aliphatic carbocycles. The van der Waals surface area contributed by atoms with E-state index in [1.54, 1.807) is 29.2 Å². The van der Waals surface area contributed by atoms with Crippen molar-refractivity contribution in [3.63, 3.8) is 0 Å². The molecule has 0 spiro atoms. The van der Waals surface area contributed by atoms with Gasteiger partial charge in [0.25, 0.3) is 5.91 Å². The molecule has 0 saturated carbocycles. The molecule has 124 valence electrons. The van der Waals surface area contributed by atoms with Crippen molar-refractivity contribution in [3.05, 3.63) is 24.3 Å². The molecule has 1 aromatic carbocycles. The maximum absolute atomic E-state index is 11.7. The van der Waals surface area contributed by atoms with E-state index in [1.165, 1.54) is 0 Å². The summed E-state index contributed by atoms with van der Waals surface area (Å²) in [7, 11) is 0. The van der Waals surface area contributed by atoms with Crippen LogP contribution in [-0.2, 0) is 19.1 Å². The second kappa shape index (κ2) is 8.31. The predicted molar refractivity (Wildman–Crippen MR) is 87.1 cm³/mol. The lowest BCUT2D eigenvalue weighted by Crippen LogP contribution is -2.23. The Morgan fingerprint density at radius 1 is 1.26 bits per heavy atom. The van der Waals surface area contributed by atoms with Crippen molar-refractivity contribution in [1.82, 2.24) is 0 Å². The molecule has 1 aromatic rings. The molecule has 0 unspecified atom stereocenters. The first-order chi connectivity index (χ1) is 11.1. The van der Waals surface area contributed by atoms with Gasteiger partial charge in [-0.2, -0.15) is 0 Å². The summed E-state index contributed by atoms with van der Waals surface area (Å²) in [5.74, 6) is -0.606. The number of benzene rings is 1. The number of hydrogen-bond acceptors (Lipinski definition) is 4. The van der Waals surface area contributed by atoms with Gasteiger partial charge >= 0.3 is 5.97 Å². The van der Waals surface area contributed by atoms with E-state index in [2.05, 4.69) is 5.32 Å². The number of unbranched alkanes of at least 4 members (excludes halogenated alkanes) is 1. The molecule has 2 amide bonds. The molecule has 1 saturated heterocycles. The van der Waals surface area contributed by atoms with Gasteiger partial charge in [0, 0.05) is 30.8 Å². The largest absolute Gasteiger partial charge is 0.456 e. The van der Waals surface area contributed by atoms with Crippen LogP contribution in [0.5, 0.6) is 0 Å². The van der Waals surface area contributed by atoms with Crippen molar-refractivity contribution >= 4 is 29.2 Å². The van der Waals surface area contributed by atoms with Crippen LogP contribution in [0.15, 0.2) is 24.3 Å². The highest BCUT2D eigenvalue weighted by atomic mass is 16.5. The molecule has 1 N–H and O–H groups in total. The summed E-state index contributed by atoms with van der Waals surface area (Å²) in [5, 5.41) is 2.66. The first-order valence-electron chi connectivity index (χ1n) is 7.96. The van der Waals surface area contributed by atoms with Crippen molar-refractivity contribution in [2.24, 2.45) is 0 Å². The van der Waals surface area contributed by atoms with Gasteiger partial charge in [0.2, 0.25) is 5.91 Å². The quantitative estimate of drug-likeness (QED) is 0.784. The van der Waals surface area contributed by atoms with Crippen LogP contribution in [-0.4, -0.2) is 30.9 Å². The monoisotopic (exact) mass is 318 g/mol. The molecule has 0 radical (unpaired) electrons. The standard InChI is InChI=1S/C17H22N2O4/c1-2-3-6-17(22)23-12-15(20)18-13-7-9-14(10-8-13)19-11-4-5-16(19)21/h7-10H,2-6,11-12H2,1H3,(H,18,20). The van der Waals surface area contributed by atoms with Gasteiger partial charge in [-0.25, -0.2) is 0 Å². The fraction of sp³-hybridized carbons (Fsp3) is 0.471. The third kappa shape index (κ3) is 5.09. The zero-order valence-electron chi connectivity index (χ0n) is 13.3. The number of nitrogens with zero attached hydrogens (tertiary/aromatic N) is 1. The molecule has 0 bridgehead atoms. The number of esters is 1. The van der Waals surface area contributed by atoms with E-state index in [-0.39, 0.29) is 24.4 Å². The van der Waals surface area contributed by atoms with E-state index in [1.807, 2.05) is 6.92 Å². The fourth-order valence-corrected chi connectivity index (χ4v) is 2.38. The second-order valence-electron chi connectivity index (χ2n) is 5.51. The summed E-state index contributed by atoms with van der Waals surface area (Å²) >= 11 is 0. The van der Waals surface area contributed by atoms with Crippen molar-refractivity contribution in [2.45, 2.75) is 39.0 Å². The van der Waals surface area contributed by atoms with Gasteiger partial charge in [0.15, 0.2) is 6.61 Å². The summed E-state index contributed by atoms with van der Waals surface area (Å²) < 4.78 is 4.89. The van der Waals surface area contributed by atoms with Gasteiger partial charge in [0.1, 0.15) is 0 Å². The Morgan fingerprint density at radius 2 is 2.00 bits per heavy atom. The van der Waals surface area contributed by atoms with E-state index < -0.39 is 0 Å². The molecule has 0 atom stereocenters. The molecule has 1 aliphatic rings. The summed E-state index contributed by atoms with van der Waals surface area (Å²) in [6.45, 7) is 2.44. The molecule has 2 rings (SSSR count). The Morgan fingerprint density at radius 3 is 2.61 bits per heavy atom. The molecule has 1 fully saturated rings. The average Bonchev–Trinajstić information content (AvgIpc) is 2.98. The van der Waals surface area contributed by atoms with Gasteiger partial charge in [-0.05, 0) is 37.1 Å². The Bertz CT molecular complexity index is 568. The Labute approximate surface area is 135 Å². The number of rotatable bonds is 7. The molecular formula is C17H22N2O4. The summed E-state index contributed by atoms with van der Waals surface area (Å²) in [4.78, 5) is 36.5. The lowest BCUT2D eigenvalue weighted by molar-refractivity contribution is -0.147. The molecule has 1 aliphatic heterocycles. The third-order valence-electron chi connectivity index (χ3n) is 3.63. The smallest absolute Gasteiger partial charge is 0.306 e. The topological polar surface area (TPSA) is 75.7 Å². The van der Waals surface area contributed by atoms with Crippen LogP contribution < -0.4 is 10.2 Å². The van der Waals surface area contributed by atoms with Gasteiger partial charge in [-0.3, -0.25) is 14.4 Å². The lowest BCUT2D eigenvalue weighted by Gasteiger charge is -2.16. The minimum absolute atomic E-state index is 0.126. The molecule has 23 heavy (non-hydrogen) atoms. The number of carbonyl (C=O) groups is 3. The molecular weight excluding hydrogens is 296 g/mol. The third-order valence-corrected chi connectivity index (χ3v) is 3.63. The number of hydrogen-bond donors (Lipinski definition) is 1. The maximum Gasteiger partial charge on any atom is 0.306 e. The second-order valence-corrected chi connectivity index (χ2v) is 5.51. The van der Waals surface area contributed by atoms with Crippen LogP contribution in [0.2, 0.25) is 0 Å². The minimum atomic E-state index is -0.375. The number of nitrogens with one attached hydrogen (secondary N) is 1. The fourth-order valence-electron chi connectivity index (χ4n) is 2.38. The van der Waals surface area contributed by atoms with Crippen LogP contribution in [0.4, 0.5) is 11.4 Å². The van der Waals surface area contributed by atoms with E-state index >= 15 is 0 Å². The van der Waals surface area contributed by atoms with Crippen LogP contribution in [0.1, 0.15) is 39.0 Å². The summed E-state index contributed by atoms with van der Waals surface area (Å²) in [5.41, 5.74) is 1.44. The molecule has 6 heteroatoms. The van der Waals surface area contributed by atoms with E-state index in [4.69, 9.17) is 4.74 Å². The van der Waals surface area contributed by atoms with Gasteiger partial charge < -0.3 is 15.0 Å². The first kappa shape index (κ1) is 17.0. The maximum atomic E-state index is 11.7. The predicted octanol–water partition coefficient (Wildman–Crippen LogP) is 2.49. The highest BCUT2D eigenvalue weighted by Gasteiger charge is 2.21. The Kier molecular flexibility index (Phi) is 6.14. The van der Waals surface area contributed by atoms with Gasteiger partial charge in [0.05, 0.1) is 0 Å². The number of ether oxygens (including phenoxy) is 1. The average molecular weight is 318 g/mol. The Balaban J connectivity index is 1.80. The minimum Gasteiger partial charge on any atom is -0.456 e. The van der Waals surface area contributed by atoms with Crippen LogP contribution in [0.25, 0.3) is 0 Å². The zero-order chi connectivity index (χ0) is 16.7. The SMILES string of the molecule is CCCCC(=O)OCC(=O)Nc1ccc(N2CCCC2=O)cc1. The summed E-state index contributed by atoms with van der Waals surface area (Å²) in [6.07, 6.45) is 3.47. The van der Waals surface area contributed by atoms with Crippen molar-refractivity contribution in [2.75, 3.05) is 23.4 Å².